The van der Waals surface area contributed by atoms with Crippen molar-refractivity contribution in [2.45, 2.75) is 58.0 Å². The topological polar surface area (TPSA) is 32.3 Å². The Hall–Kier alpha value is -0.870. The van der Waals surface area contributed by atoms with Crippen LogP contribution in [0.15, 0.2) is 6.07 Å². The van der Waals surface area contributed by atoms with Gasteiger partial charge in [-0.1, -0.05) is 6.92 Å². The van der Waals surface area contributed by atoms with E-state index in [1.54, 1.807) is 11.3 Å². The maximum absolute atomic E-state index is 12.3. The summed E-state index contributed by atoms with van der Waals surface area (Å²) in [6.45, 7) is 5.24. The van der Waals surface area contributed by atoms with Crippen LogP contribution in [0.3, 0.4) is 0 Å². The number of carbonyl (C=O) groups is 1. The first-order chi connectivity index (χ1) is 10.0. The predicted octanol–water partition coefficient (Wildman–Crippen LogP) is 3.09. The number of thiophene rings is 1. The molecule has 21 heavy (non-hydrogen) atoms. The molecule has 0 spiro atoms. The van der Waals surface area contributed by atoms with Crippen LogP contribution < -0.4 is 5.32 Å². The van der Waals surface area contributed by atoms with E-state index in [9.17, 15) is 4.79 Å². The average Bonchev–Trinajstić information content (AvgIpc) is 3.23. The van der Waals surface area contributed by atoms with Crippen molar-refractivity contribution in [1.29, 1.82) is 0 Å². The Morgan fingerprint density at radius 1 is 1.48 bits per heavy atom. The summed E-state index contributed by atoms with van der Waals surface area (Å²) in [4.78, 5) is 17.1. The van der Waals surface area contributed by atoms with E-state index in [1.165, 1.54) is 29.7 Å². The van der Waals surface area contributed by atoms with E-state index in [2.05, 4.69) is 37.2 Å². The van der Waals surface area contributed by atoms with Crippen molar-refractivity contribution in [2.24, 2.45) is 5.92 Å². The molecule has 2 atom stereocenters. The number of fused-ring (bicyclic) bond motifs is 1. The molecule has 0 aromatic carbocycles. The zero-order valence-electron chi connectivity index (χ0n) is 13.3. The van der Waals surface area contributed by atoms with E-state index >= 15 is 0 Å². The van der Waals surface area contributed by atoms with Crippen LogP contribution in [0.2, 0.25) is 0 Å². The lowest BCUT2D eigenvalue weighted by molar-refractivity contribution is 0.0943. The second kappa shape index (κ2) is 6.09. The molecule has 116 valence electrons. The summed E-state index contributed by atoms with van der Waals surface area (Å²) in [5.74, 6) is 0.869. The van der Waals surface area contributed by atoms with Crippen molar-refractivity contribution in [3.63, 3.8) is 0 Å². The van der Waals surface area contributed by atoms with Crippen LogP contribution in [0.25, 0.3) is 0 Å². The second-order valence-corrected chi connectivity index (χ2v) is 8.00. The highest BCUT2D eigenvalue weighted by Crippen LogP contribution is 2.32. The molecule has 0 saturated heterocycles. The van der Waals surface area contributed by atoms with Crippen molar-refractivity contribution in [2.75, 3.05) is 13.6 Å². The van der Waals surface area contributed by atoms with E-state index in [0.717, 1.165) is 36.2 Å². The number of hydrogen-bond donors (Lipinski definition) is 1. The molecule has 3 nitrogen and oxygen atoms in total. The lowest BCUT2D eigenvalue weighted by Gasteiger charge is -2.24. The fourth-order valence-electron chi connectivity index (χ4n) is 3.13. The standard InChI is InChI=1S/C17H26N2OS/c1-11-4-7-15-13(8-11)9-16(21-15)17(20)18-10-12(2)19(3)14-5-6-14/h9,11-12,14H,4-8,10H2,1-3H3,(H,18,20). The Bertz CT molecular complexity index is 521. The second-order valence-electron chi connectivity index (χ2n) is 6.86. The Balaban J connectivity index is 1.55. The number of carbonyl (C=O) groups excluding carboxylic acids is 1. The summed E-state index contributed by atoms with van der Waals surface area (Å²) >= 11 is 1.70. The van der Waals surface area contributed by atoms with E-state index in [0.29, 0.717) is 6.04 Å². The molecule has 1 aromatic rings. The van der Waals surface area contributed by atoms with Gasteiger partial charge in [-0.25, -0.2) is 0 Å². The molecule has 0 aliphatic heterocycles. The first-order valence-corrected chi connectivity index (χ1v) is 8.98. The third-order valence-electron chi connectivity index (χ3n) is 4.93. The number of rotatable bonds is 5. The molecule has 4 heteroatoms. The van der Waals surface area contributed by atoms with Gasteiger partial charge in [-0.3, -0.25) is 9.69 Å². The van der Waals surface area contributed by atoms with Crippen molar-refractivity contribution < 1.29 is 4.79 Å². The predicted molar refractivity (Wildman–Crippen MR) is 88.1 cm³/mol. The number of hydrogen-bond acceptors (Lipinski definition) is 3. The first-order valence-electron chi connectivity index (χ1n) is 8.16. The molecule has 1 aromatic heterocycles. The van der Waals surface area contributed by atoms with E-state index < -0.39 is 0 Å². The van der Waals surface area contributed by atoms with Gasteiger partial charge in [-0.15, -0.1) is 11.3 Å². The maximum atomic E-state index is 12.3. The lowest BCUT2D eigenvalue weighted by atomic mass is 9.90. The molecule has 2 aliphatic rings. The fourth-order valence-corrected chi connectivity index (χ4v) is 4.26. The van der Waals surface area contributed by atoms with Crippen molar-refractivity contribution >= 4 is 17.2 Å². The van der Waals surface area contributed by atoms with Gasteiger partial charge >= 0.3 is 0 Å². The molecule has 1 heterocycles. The van der Waals surface area contributed by atoms with Crippen LogP contribution in [0, 0.1) is 5.92 Å². The minimum absolute atomic E-state index is 0.109. The Morgan fingerprint density at radius 3 is 2.95 bits per heavy atom. The number of likely N-dealkylation sites (N-methyl/N-ethyl adjacent to an activating group) is 1. The van der Waals surface area contributed by atoms with Gasteiger partial charge in [0.25, 0.3) is 5.91 Å². The van der Waals surface area contributed by atoms with Crippen LogP contribution in [0.1, 0.15) is 53.2 Å². The molecule has 2 unspecified atom stereocenters. The Morgan fingerprint density at radius 2 is 2.24 bits per heavy atom. The Labute approximate surface area is 131 Å². The van der Waals surface area contributed by atoms with Gasteiger partial charge in [-0.2, -0.15) is 0 Å². The summed E-state index contributed by atoms with van der Waals surface area (Å²) < 4.78 is 0. The highest BCUT2D eigenvalue weighted by Gasteiger charge is 2.29. The summed E-state index contributed by atoms with van der Waals surface area (Å²) in [5.41, 5.74) is 1.41. The van der Waals surface area contributed by atoms with Gasteiger partial charge in [0.05, 0.1) is 4.88 Å². The molecular formula is C17H26N2OS. The summed E-state index contributed by atoms with van der Waals surface area (Å²) in [5, 5.41) is 3.11. The van der Waals surface area contributed by atoms with Gasteiger partial charge in [0, 0.05) is 23.5 Å². The summed E-state index contributed by atoms with van der Waals surface area (Å²) in [7, 11) is 2.17. The normalized spacial score (nSPS) is 23.0. The summed E-state index contributed by atoms with van der Waals surface area (Å²) in [6.07, 6.45) is 6.17. The van der Waals surface area contributed by atoms with Crippen LogP contribution in [-0.4, -0.2) is 36.5 Å². The molecule has 0 radical (unpaired) electrons. The molecule has 2 aliphatic carbocycles. The first kappa shape index (κ1) is 15.0. The number of nitrogens with zero attached hydrogens (tertiary/aromatic N) is 1. The van der Waals surface area contributed by atoms with Crippen molar-refractivity contribution in [3.8, 4) is 0 Å². The minimum Gasteiger partial charge on any atom is -0.350 e. The average molecular weight is 306 g/mol. The minimum atomic E-state index is 0.109. The molecule has 1 amide bonds. The van der Waals surface area contributed by atoms with Gasteiger partial charge < -0.3 is 5.32 Å². The molecule has 0 bridgehead atoms. The van der Waals surface area contributed by atoms with Crippen LogP contribution in [0.5, 0.6) is 0 Å². The molecule has 1 N–H and O–H groups in total. The molecule has 3 rings (SSSR count). The molecule has 1 fully saturated rings. The third-order valence-corrected chi connectivity index (χ3v) is 6.17. The van der Waals surface area contributed by atoms with E-state index in [4.69, 9.17) is 0 Å². The van der Waals surface area contributed by atoms with Gasteiger partial charge in [-0.05, 0) is 63.6 Å². The van der Waals surface area contributed by atoms with Gasteiger partial charge in [0.1, 0.15) is 0 Å². The van der Waals surface area contributed by atoms with E-state index in [1.807, 2.05) is 0 Å². The monoisotopic (exact) mass is 306 g/mol. The molecule has 1 saturated carbocycles. The zero-order valence-corrected chi connectivity index (χ0v) is 14.1. The lowest BCUT2D eigenvalue weighted by Crippen LogP contribution is -2.41. The highest BCUT2D eigenvalue weighted by atomic mass is 32.1. The number of nitrogens with one attached hydrogen (secondary N) is 1. The Kier molecular flexibility index (Phi) is 4.36. The van der Waals surface area contributed by atoms with Gasteiger partial charge in [0.2, 0.25) is 0 Å². The summed E-state index contributed by atoms with van der Waals surface area (Å²) in [6, 6.07) is 3.28. The van der Waals surface area contributed by atoms with Crippen LogP contribution in [-0.2, 0) is 12.8 Å². The van der Waals surface area contributed by atoms with Crippen LogP contribution >= 0.6 is 11.3 Å². The highest BCUT2D eigenvalue weighted by molar-refractivity contribution is 7.14. The van der Waals surface area contributed by atoms with Gasteiger partial charge in [0.15, 0.2) is 0 Å². The maximum Gasteiger partial charge on any atom is 0.261 e. The quantitative estimate of drug-likeness (QED) is 0.906. The van der Waals surface area contributed by atoms with Crippen LogP contribution in [0.4, 0.5) is 0 Å². The smallest absolute Gasteiger partial charge is 0.261 e. The SMILES string of the molecule is CC1CCc2sc(C(=O)NCC(C)N(C)C3CC3)cc2C1. The fraction of sp³-hybridized carbons (Fsp3) is 0.706. The van der Waals surface area contributed by atoms with Crippen molar-refractivity contribution in [3.05, 3.63) is 21.4 Å². The third kappa shape index (κ3) is 3.49. The van der Waals surface area contributed by atoms with Crippen molar-refractivity contribution in [1.82, 2.24) is 10.2 Å². The largest absolute Gasteiger partial charge is 0.350 e. The molecular weight excluding hydrogens is 280 g/mol. The number of amides is 1. The zero-order chi connectivity index (χ0) is 15.0. The number of aryl methyl sites for hydroxylation is 1. The van der Waals surface area contributed by atoms with E-state index in [-0.39, 0.29) is 5.91 Å².